The normalized spacial score (nSPS) is 12.0. The summed E-state index contributed by atoms with van der Waals surface area (Å²) in [6, 6.07) is 5.25. The number of nitrogens with zero attached hydrogens (tertiary/aromatic N) is 3. The fraction of sp³-hybridized carbons (Fsp3) is 0.214. The summed E-state index contributed by atoms with van der Waals surface area (Å²) in [7, 11) is -3.61. The largest absolute Gasteiger partial charge is 0.461 e. The highest BCUT2D eigenvalue weighted by Gasteiger charge is 2.21. The van der Waals surface area contributed by atoms with Crippen LogP contribution >= 0.6 is 15.9 Å². The number of imidazole rings is 1. The predicted octanol–water partition coefficient (Wildman–Crippen LogP) is 2.23. The van der Waals surface area contributed by atoms with Gasteiger partial charge in [0.2, 0.25) is 15.0 Å². The summed E-state index contributed by atoms with van der Waals surface area (Å²) in [5.74, 6) is -0.610. The Balaban J connectivity index is 2.42. The first-order chi connectivity index (χ1) is 10.8. The third-order valence-corrected chi connectivity index (χ3v) is 4.59. The SMILES string of the molecule is CCOC(=O)c1cn2c(S(C)(=O)=O)nc3cc(Br)ccc3c2n1. The van der Waals surface area contributed by atoms with Gasteiger partial charge in [0.1, 0.15) is 5.65 Å². The van der Waals surface area contributed by atoms with E-state index in [0.29, 0.717) is 16.6 Å². The summed E-state index contributed by atoms with van der Waals surface area (Å²) in [5, 5.41) is 0.456. The molecule has 0 saturated carbocycles. The van der Waals surface area contributed by atoms with Crippen molar-refractivity contribution in [3.8, 4) is 0 Å². The van der Waals surface area contributed by atoms with E-state index in [4.69, 9.17) is 4.74 Å². The van der Waals surface area contributed by atoms with Crippen molar-refractivity contribution in [2.45, 2.75) is 12.1 Å². The highest BCUT2D eigenvalue weighted by atomic mass is 79.9. The summed E-state index contributed by atoms with van der Waals surface area (Å²) in [6.45, 7) is 1.89. The summed E-state index contributed by atoms with van der Waals surface area (Å²) >= 11 is 3.33. The van der Waals surface area contributed by atoms with Gasteiger partial charge in [0.15, 0.2) is 5.69 Å². The van der Waals surface area contributed by atoms with E-state index in [1.54, 1.807) is 25.1 Å². The molecule has 3 rings (SSSR count). The summed E-state index contributed by atoms with van der Waals surface area (Å²) in [4.78, 5) is 20.3. The number of carbonyl (C=O) groups is 1. The van der Waals surface area contributed by atoms with Gasteiger partial charge in [0.25, 0.3) is 0 Å². The van der Waals surface area contributed by atoms with Crippen LogP contribution in [0.5, 0.6) is 0 Å². The summed E-state index contributed by atoms with van der Waals surface area (Å²) in [5.41, 5.74) is 0.841. The zero-order valence-corrected chi connectivity index (χ0v) is 14.7. The average Bonchev–Trinajstić information content (AvgIpc) is 2.90. The highest BCUT2D eigenvalue weighted by molar-refractivity contribution is 9.10. The van der Waals surface area contributed by atoms with Crippen molar-refractivity contribution in [1.82, 2.24) is 14.4 Å². The number of hydrogen-bond donors (Lipinski definition) is 0. The van der Waals surface area contributed by atoms with E-state index >= 15 is 0 Å². The zero-order chi connectivity index (χ0) is 16.8. The number of hydrogen-bond acceptors (Lipinski definition) is 6. The number of fused-ring (bicyclic) bond motifs is 3. The third kappa shape index (κ3) is 2.81. The van der Waals surface area contributed by atoms with E-state index in [1.165, 1.54) is 10.6 Å². The van der Waals surface area contributed by atoms with Crippen LogP contribution in [0.3, 0.4) is 0 Å². The maximum Gasteiger partial charge on any atom is 0.358 e. The lowest BCUT2D eigenvalue weighted by Gasteiger charge is -2.06. The van der Waals surface area contributed by atoms with E-state index in [-0.39, 0.29) is 17.5 Å². The molecule has 9 heteroatoms. The molecule has 0 bridgehead atoms. The first kappa shape index (κ1) is 15.9. The Labute approximate surface area is 140 Å². The molecule has 0 aliphatic carbocycles. The molecule has 120 valence electrons. The van der Waals surface area contributed by atoms with Crippen LogP contribution in [-0.4, -0.2) is 41.6 Å². The molecule has 3 aromatic rings. The highest BCUT2D eigenvalue weighted by Crippen LogP contribution is 2.25. The second-order valence-electron chi connectivity index (χ2n) is 4.87. The molecule has 23 heavy (non-hydrogen) atoms. The van der Waals surface area contributed by atoms with E-state index in [1.807, 2.05) is 0 Å². The third-order valence-electron chi connectivity index (χ3n) is 3.14. The van der Waals surface area contributed by atoms with Crippen molar-refractivity contribution < 1.29 is 17.9 Å². The smallest absolute Gasteiger partial charge is 0.358 e. The van der Waals surface area contributed by atoms with E-state index < -0.39 is 15.8 Å². The molecule has 0 amide bonds. The van der Waals surface area contributed by atoms with Crippen molar-refractivity contribution in [3.05, 3.63) is 34.6 Å². The van der Waals surface area contributed by atoms with Gasteiger partial charge < -0.3 is 4.74 Å². The van der Waals surface area contributed by atoms with E-state index in [2.05, 4.69) is 25.9 Å². The van der Waals surface area contributed by atoms with Crippen molar-refractivity contribution in [1.29, 1.82) is 0 Å². The van der Waals surface area contributed by atoms with Crippen molar-refractivity contribution in [3.63, 3.8) is 0 Å². The fourth-order valence-corrected chi connectivity index (χ4v) is 3.33. The lowest BCUT2D eigenvalue weighted by Crippen LogP contribution is -2.08. The molecule has 0 atom stereocenters. The van der Waals surface area contributed by atoms with Gasteiger partial charge in [-0.2, -0.15) is 0 Å². The molecule has 0 fully saturated rings. The van der Waals surface area contributed by atoms with E-state index in [0.717, 1.165) is 10.7 Å². The molecule has 0 aliphatic rings. The maximum absolute atomic E-state index is 12.0. The van der Waals surface area contributed by atoms with Crippen molar-refractivity contribution in [2.75, 3.05) is 12.9 Å². The standard InChI is InChI=1S/C14H12BrN3O4S/c1-3-22-13(19)11-7-18-12(16-11)9-5-4-8(15)6-10(9)17-14(18)23(2,20)21/h4-7H,3H2,1-2H3. The Bertz CT molecular complexity index is 1040. The van der Waals surface area contributed by atoms with Crippen LogP contribution in [0, 0.1) is 0 Å². The number of ether oxygens (including phenoxy) is 1. The number of carbonyl (C=O) groups excluding carboxylic acids is 1. The minimum Gasteiger partial charge on any atom is -0.461 e. The number of esters is 1. The van der Waals surface area contributed by atoms with Gasteiger partial charge in [-0.15, -0.1) is 0 Å². The van der Waals surface area contributed by atoms with Crippen molar-refractivity contribution in [2.24, 2.45) is 0 Å². The van der Waals surface area contributed by atoms with Crippen LogP contribution in [0.4, 0.5) is 0 Å². The van der Waals surface area contributed by atoms with Gasteiger partial charge in [-0.05, 0) is 25.1 Å². The van der Waals surface area contributed by atoms with Gasteiger partial charge in [-0.25, -0.2) is 23.2 Å². The topological polar surface area (TPSA) is 90.6 Å². The van der Waals surface area contributed by atoms with Crippen LogP contribution in [0.1, 0.15) is 17.4 Å². The van der Waals surface area contributed by atoms with E-state index in [9.17, 15) is 13.2 Å². The lowest BCUT2D eigenvalue weighted by molar-refractivity contribution is 0.0520. The second-order valence-corrected chi connectivity index (χ2v) is 7.69. The molecule has 0 N–H and O–H groups in total. The Morgan fingerprint density at radius 3 is 2.74 bits per heavy atom. The van der Waals surface area contributed by atoms with Gasteiger partial charge in [-0.1, -0.05) is 15.9 Å². The second kappa shape index (κ2) is 5.57. The number of benzene rings is 1. The van der Waals surface area contributed by atoms with Crippen LogP contribution in [0.15, 0.2) is 34.0 Å². The van der Waals surface area contributed by atoms with Crippen LogP contribution in [-0.2, 0) is 14.6 Å². The molecule has 2 aromatic heterocycles. The van der Waals surface area contributed by atoms with Gasteiger partial charge in [0.05, 0.1) is 12.1 Å². The number of aromatic nitrogens is 3. The van der Waals surface area contributed by atoms with Crippen molar-refractivity contribution >= 4 is 48.3 Å². The van der Waals surface area contributed by atoms with Gasteiger partial charge >= 0.3 is 5.97 Å². The molecule has 0 radical (unpaired) electrons. The molecule has 7 nitrogen and oxygen atoms in total. The van der Waals surface area contributed by atoms with Crippen LogP contribution in [0.2, 0.25) is 0 Å². The fourth-order valence-electron chi connectivity index (χ4n) is 2.22. The molecule has 1 aromatic carbocycles. The quantitative estimate of drug-likeness (QED) is 0.497. The molecule has 0 saturated heterocycles. The Kier molecular flexibility index (Phi) is 3.85. The number of halogens is 1. The van der Waals surface area contributed by atoms with Gasteiger partial charge in [-0.3, -0.25) is 4.40 Å². The minimum atomic E-state index is -3.61. The molecule has 0 spiro atoms. The average molecular weight is 398 g/mol. The predicted molar refractivity (Wildman–Crippen MR) is 87.3 cm³/mol. The molecule has 0 unspecified atom stereocenters. The zero-order valence-electron chi connectivity index (χ0n) is 12.3. The monoisotopic (exact) mass is 397 g/mol. The summed E-state index contributed by atoms with van der Waals surface area (Å²) in [6.07, 6.45) is 2.39. The van der Waals surface area contributed by atoms with Gasteiger partial charge in [0, 0.05) is 22.3 Å². The molecular formula is C14H12BrN3O4S. The first-order valence-electron chi connectivity index (χ1n) is 6.67. The maximum atomic E-state index is 12.0. The number of rotatable bonds is 3. The first-order valence-corrected chi connectivity index (χ1v) is 9.35. The molecule has 0 aliphatic heterocycles. The van der Waals surface area contributed by atoms with Crippen LogP contribution in [0.25, 0.3) is 16.6 Å². The minimum absolute atomic E-state index is 0.0361. The molecular weight excluding hydrogens is 386 g/mol. The lowest BCUT2D eigenvalue weighted by atomic mass is 10.2. The Hall–Kier alpha value is -2.00. The summed E-state index contributed by atoms with van der Waals surface area (Å²) < 4.78 is 31.1. The Morgan fingerprint density at radius 1 is 1.35 bits per heavy atom. The number of sulfone groups is 1. The Morgan fingerprint density at radius 2 is 2.09 bits per heavy atom. The van der Waals surface area contributed by atoms with Crippen LogP contribution < -0.4 is 0 Å². The molecule has 2 heterocycles.